The van der Waals surface area contributed by atoms with Crippen LogP contribution in [0, 0.1) is 0 Å². The van der Waals surface area contributed by atoms with Crippen molar-refractivity contribution in [3.63, 3.8) is 0 Å². The molecule has 0 aliphatic heterocycles. The Balaban J connectivity index is 1.72. The van der Waals surface area contributed by atoms with Gasteiger partial charge in [0.05, 0.1) is 21.8 Å². The largest absolute Gasteiger partial charge is 0.366 e. The molecule has 0 atom stereocenters. The van der Waals surface area contributed by atoms with Crippen LogP contribution in [0.4, 0.5) is 5.82 Å². The van der Waals surface area contributed by atoms with E-state index in [0.717, 1.165) is 5.56 Å². The Bertz CT molecular complexity index is 1420. The van der Waals surface area contributed by atoms with Crippen LogP contribution in [0.3, 0.4) is 0 Å². The van der Waals surface area contributed by atoms with E-state index in [1.165, 1.54) is 6.92 Å². The Kier molecular flexibility index (Phi) is 7.36. The van der Waals surface area contributed by atoms with Gasteiger partial charge in [0.15, 0.2) is 0 Å². The van der Waals surface area contributed by atoms with Gasteiger partial charge >= 0.3 is 0 Å². The summed E-state index contributed by atoms with van der Waals surface area (Å²) in [5.74, 6) is 0.391. The van der Waals surface area contributed by atoms with E-state index in [1.807, 2.05) is 6.07 Å². The first kappa shape index (κ1) is 24.0. The Morgan fingerprint density at radius 2 is 1.79 bits per heavy atom. The minimum atomic E-state index is -0.276. The lowest BCUT2D eigenvalue weighted by Gasteiger charge is -2.14. The lowest BCUT2D eigenvalue weighted by Crippen LogP contribution is -2.31. The highest BCUT2D eigenvalue weighted by molar-refractivity contribution is 6.42. The van der Waals surface area contributed by atoms with Gasteiger partial charge in [-0.15, -0.1) is 0 Å². The van der Waals surface area contributed by atoms with Gasteiger partial charge in [0, 0.05) is 43.2 Å². The fourth-order valence-electron chi connectivity index (χ4n) is 3.45. The van der Waals surface area contributed by atoms with Crippen molar-refractivity contribution in [2.45, 2.75) is 20.0 Å². The van der Waals surface area contributed by atoms with Crippen LogP contribution in [0.2, 0.25) is 15.1 Å². The van der Waals surface area contributed by atoms with Crippen molar-refractivity contribution >= 4 is 57.6 Å². The van der Waals surface area contributed by atoms with Gasteiger partial charge < -0.3 is 15.2 Å². The summed E-state index contributed by atoms with van der Waals surface area (Å²) in [6.45, 7) is 2.46. The summed E-state index contributed by atoms with van der Waals surface area (Å²) in [5.41, 5.74) is 2.72. The minimum Gasteiger partial charge on any atom is -0.366 e. The maximum Gasteiger partial charge on any atom is 0.277 e. The van der Waals surface area contributed by atoms with Gasteiger partial charge in [0.1, 0.15) is 17.0 Å². The summed E-state index contributed by atoms with van der Waals surface area (Å²) >= 11 is 18.1. The van der Waals surface area contributed by atoms with Crippen molar-refractivity contribution in [1.29, 1.82) is 0 Å². The van der Waals surface area contributed by atoms with Crippen molar-refractivity contribution in [3.05, 3.63) is 85.7 Å². The second-order valence-electron chi connectivity index (χ2n) is 7.57. The molecule has 0 bridgehead atoms. The van der Waals surface area contributed by atoms with Gasteiger partial charge in [-0.3, -0.25) is 9.59 Å². The Labute approximate surface area is 210 Å². The molecule has 0 radical (unpaired) electrons. The third kappa shape index (κ3) is 5.50. The van der Waals surface area contributed by atoms with Gasteiger partial charge in [0.25, 0.3) is 5.56 Å². The van der Waals surface area contributed by atoms with Crippen LogP contribution in [0.25, 0.3) is 22.3 Å². The number of carbonyl (C=O) groups excluding carboxylic acids is 1. The van der Waals surface area contributed by atoms with E-state index in [9.17, 15) is 9.59 Å². The molecule has 0 spiro atoms. The third-order valence-corrected chi connectivity index (χ3v) is 6.11. The number of hydrogen-bond acceptors (Lipinski definition) is 5. The van der Waals surface area contributed by atoms with Crippen LogP contribution in [0.1, 0.15) is 12.5 Å². The van der Waals surface area contributed by atoms with E-state index in [0.29, 0.717) is 50.6 Å². The van der Waals surface area contributed by atoms with Crippen LogP contribution < -0.4 is 16.2 Å². The molecule has 2 aromatic carbocycles. The van der Waals surface area contributed by atoms with Crippen molar-refractivity contribution in [2.75, 3.05) is 11.9 Å². The van der Waals surface area contributed by atoms with E-state index in [1.54, 1.807) is 53.2 Å². The van der Waals surface area contributed by atoms with Gasteiger partial charge in [-0.2, -0.15) is 0 Å². The molecule has 4 aromatic rings. The predicted octanol–water partition coefficient (Wildman–Crippen LogP) is 5.17. The molecule has 1 amide bonds. The van der Waals surface area contributed by atoms with Crippen molar-refractivity contribution in [3.8, 4) is 11.3 Å². The topological polar surface area (TPSA) is 88.9 Å². The number of carbonyl (C=O) groups is 1. The number of nitrogens with one attached hydrogen (secondary N) is 2. The van der Waals surface area contributed by atoms with Gasteiger partial charge in [0.2, 0.25) is 5.91 Å². The second-order valence-corrected chi connectivity index (χ2v) is 8.82. The minimum absolute atomic E-state index is 0.171. The third-order valence-electron chi connectivity index (χ3n) is 5.12. The maximum atomic E-state index is 13.4. The number of nitrogens with zero attached hydrogens (tertiary/aromatic N) is 3. The summed E-state index contributed by atoms with van der Waals surface area (Å²) in [6.07, 6.45) is 1.61. The Morgan fingerprint density at radius 3 is 2.50 bits per heavy atom. The summed E-state index contributed by atoms with van der Waals surface area (Å²) in [5, 5.41) is 7.49. The zero-order valence-electron chi connectivity index (χ0n) is 18.1. The van der Waals surface area contributed by atoms with E-state index >= 15 is 0 Å². The number of halogens is 3. The second kappa shape index (κ2) is 10.4. The lowest BCUT2D eigenvalue weighted by atomic mass is 10.1. The summed E-state index contributed by atoms with van der Waals surface area (Å²) < 4.78 is 1.59. The molecule has 0 saturated carbocycles. The van der Waals surface area contributed by atoms with Crippen LogP contribution in [-0.4, -0.2) is 27.0 Å². The van der Waals surface area contributed by atoms with E-state index in [2.05, 4.69) is 20.6 Å². The SMILES string of the molecule is CC(=O)NCCn1c(=O)c(-c2ccc(Cl)cc2)nc2cnc(NCc3ccc(Cl)c(Cl)c3)cc21. The quantitative estimate of drug-likeness (QED) is 0.354. The van der Waals surface area contributed by atoms with Crippen LogP contribution >= 0.6 is 34.8 Å². The predicted molar refractivity (Wildman–Crippen MR) is 137 cm³/mol. The van der Waals surface area contributed by atoms with Crippen LogP contribution in [0.15, 0.2) is 59.5 Å². The summed E-state index contributed by atoms with van der Waals surface area (Å²) in [7, 11) is 0. The zero-order chi connectivity index (χ0) is 24.2. The molecule has 0 saturated heterocycles. The van der Waals surface area contributed by atoms with E-state index < -0.39 is 0 Å². The first-order chi connectivity index (χ1) is 16.3. The molecule has 4 rings (SSSR count). The van der Waals surface area contributed by atoms with E-state index in [-0.39, 0.29) is 23.7 Å². The van der Waals surface area contributed by atoms with Crippen LogP contribution in [-0.2, 0) is 17.9 Å². The number of rotatable bonds is 7. The highest BCUT2D eigenvalue weighted by atomic mass is 35.5. The first-order valence-corrected chi connectivity index (χ1v) is 11.5. The van der Waals surface area contributed by atoms with Gasteiger partial charge in [-0.1, -0.05) is 53.0 Å². The molecule has 0 aliphatic carbocycles. The molecule has 34 heavy (non-hydrogen) atoms. The Morgan fingerprint density at radius 1 is 1.03 bits per heavy atom. The number of aromatic nitrogens is 3. The average Bonchev–Trinajstić information content (AvgIpc) is 2.81. The number of anilines is 1. The summed E-state index contributed by atoms with van der Waals surface area (Å²) in [6, 6.07) is 14.0. The Hall–Kier alpha value is -3.13. The number of amides is 1. The standard InChI is InChI=1S/C24H20Cl3N5O2/c1-14(33)28-8-9-32-21-11-22(29-12-15-2-7-18(26)19(27)10-15)30-13-20(21)31-23(24(32)34)16-3-5-17(25)6-4-16/h2-7,10-11,13H,8-9,12H2,1H3,(H,28,33)(H,29,30). The number of benzene rings is 2. The molecular weight excluding hydrogens is 497 g/mol. The highest BCUT2D eigenvalue weighted by Crippen LogP contribution is 2.24. The molecule has 2 heterocycles. The fraction of sp³-hybridized carbons (Fsp3) is 0.167. The highest BCUT2D eigenvalue weighted by Gasteiger charge is 2.14. The van der Waals surface area contributed by atoms with Crippen molar-refractivity contribution < 1.29 is 4.79 Å². The molecule has 7 nitrogen and oxygen atoms in total. The smallest absolute Gasteiger partial charge is 0.277 e. The van der Waals surface area contributed by atoms with Gasteiger partial charge in [-0.25, -0.2) is 9.97 Å². The van der Waals surface area contributed by atoms with Crippen LogP contribution in [0.5, 0.6) is 0 Å². The van der Waals surface area contributed by atoms with Gasteiger partial charge in [-0.05, 0) is 29.8 Å². The van der Waals surface area contributed by atoms with E-state index in [4.69, 9.17) is 34.8 Å². The average molecular weight is 517 g/mol. The molecule has 174 valence electrons. The van der Waals surface area contributed by atoms with Crippen molar-refractivity contribution in [1.82, 2.24) is 19.9 Å². The molecule has 2 aromatic heterocycles. The fourth-order valence-corrected chi connectivity index (χ4v) is 3.89. The van der Waals surface area contributed by atoms with Crippen molar-refractivity contribution in [2.24, 2.45) is 0 Å². The monoisotopic (exact) mass is 515 g/mol. The maximum absolute atomic E-state index is 13.4. The molecule has 0 unspecified atom stereocenters. The number of fused-ring (bicyclic) bond motifs is 1. The normalized spacial score (nSPS) is 10.9. The first-order valence-electron chi connectivity index (χ1n) is 10.4. The molecule has 10 heteroatoms. The zero-order valence-corrected chi connectivity index (χ0v) is 20.4. The number of pyridine rings is 1. The lowest BCUT2D eigenvalue weighted by molar-refractivity contribution is -0.118. The number of hydrogen-bond donors (Lipinski definition) is 2. The molecular formula is C24H20Cl3N5O2. The molecule has 2 N–H and O–H groups in total. The molecule has 0 fully saturated rings. The summed E-state index contributed by atoms with van der Waals surface area (Å²) in [4.78, 5) is 33.8. The molecule has 0 aliphatic rings.